The summed E-state index contributed by atoms with van der Waals surface area (Å²) < 4.78 is 34.3. The fourth-order valence-corrected chi connectivity index (χ4v) is 7.62. The number of phosphoric acid groups is 1. The molecule has 0 bridgehead atoms. The molecule has 0 saturated heterocycles. The van der Waals surface area contributed by atoms with Crippen molar-refractivity contribution in [3.05, 3.63) is 122 Å². The summed E-state index contributed by atoms with van der Waals surface area (Å²) in [7, 11) is 1.42. The number of hydrogen-bond donors (Lipinski definition) is 1. The number of phosphoric ester groups is 1. The Morgan fingerprint density at radius 2 is 0.814 bits per heavy atom. The highest BCUT2D eigenvalue weighted by Gasteiger charge is 2.27. The third kappa shape index (κ3) is 53.8. The Balaban J connectivity index is 4.19. The second-order valence-corrected chi connectivity index (χ2v) is 20.3. The lowest BCUT2D eigenvalue weighted by molar-refractivity contribution is -0.870. The standard InChI is InChI=1S/C60H100NO8P/c1-6-8-10-12-14-16-18-20-22-23-24-25-26-27-28-29-30-31-32-33-34-35-36-37-39-41-43-45-47-49-51-53-60(63)69-58(57-68-70(64,65)67-55-54-61(3,4)5)56-66-59(62)52-50-48-46-44-42-40-38-21-19-17-15-13-11-9-7-2/h8-11,14-17,20-22,24-25,27-28,38,42,44,48,50,58H,6-7,12-13,18-19,23,26,29-37,39-41,43,45-47,49,51-57H2,1-5H3/p+1/b10-8-,11-9-,16-14-,17-15-,22-20-,25-24-,28-27-,38-21-,44-42-,50-48-. The highest BCUT2D eigenvalue weighted by atomic mass is 31.2. The lowest BCUT2D eigenvalue weighted by Gasteiger charge is -2.24. The van der Waals surface area contributed by atoms with Crippen molar-refractivity contribution in [2.75, 3.05) is 47.5 Å². The molecular weight excluding hydrogens is 894 g/mol. The van der Waals surface area contributed by atoms with Crippen molar-refractivity contribution < 1.29 is 42.1 Å². The first-order valence-corrected chi connectivity index (χ1v) is 28.8. The molecule has 9 nitrogen and oxygen atoms in total. The second-order valence-electron chi connectivity index (χ2n) is 18.9. The van der Waals surface area contributed by atoms with E-state index in [4.69, 9.17) is 18.5 Å². The van der Waals surface area contributed by atoms with E-state index in [2.05, 4.69) is 117 Å². The van der Waals surface area contributed by atoms with Crippen LogP contribution in [0.25, 0.3) is 0 Å². The van der Waals surface area contributed by atoms with Gasteiger partial charge in [-0.05, 0) is 83.5 Å². The summed E-state index contributed by atoms with van der Waals surface area (Å²) in [6, 6.07) is 0. The number of nitrogens with zero attached hydrogens (tertiary/aromatic N) is 1. The maximum atomic E-state index is 12.8. The molecule has 10 heteroatoms. The second kappa shape index (κ2) is 50.4. The third-order valence-electron chi connectivity index (χ3n) is 11.0. The lowest BCUT2D eigenvalue weighted by Crippen LogP contribution is -2.37. The van der Waals surface area contributed by atoms with E-state index >= 15 is 0 Å². The molecular formula is C60H101NO8P+. The van der Waals surface area contributed by atoms with Crippen molar-refractivity contribution >= 4 is 19.8 Å². The average molecular weight is 995 g/mol. The van der Waals surface area contributed by atoms with Gasteiger partial charge < -0.3 is 18.9 Å². The molecule has 2 unspecified atom stereocenters. The molecule has 0 fully saturated rings. The predicted molar refractivity (Wildman–Crippen MR) is 297 cm³/mol. The van der Waals surface area contributed by atoms with Gasteiger partial charge in [-0.1, -0.05) is 219 Å². The van der Waals surface area contributed by atoms with Gasteiger partial charge in [0.25, 0.3) is 0 Å². The molecule has 0 aliphatic rings. The quantitative estimate of drug-likeness (QED) is 0.0211. The van der Waals surface area contributed by atoms with Crippen LogP contribution in [0.4, 0.5) is 0 Å². The number of unbranched alkanes of at least 4 members (excludes halogenated alkanes) is 15. The number of esters is 2. The lowest BCUT2D eigenvalue weighted by atomic mass is 10.0. The molecule has 0 aliphatic heterocycles. The molecule has 0 spiro atoms. The van der Waals surface area contributed by atoms with Crippen LogP contribution in [0, 0.1) is 0 Å². The average Bonchev–Trinajstić information content (AvgIpc) is 3.32. The van der Waals surface area contributed by atoms with Crippen molar-refractivity contribution in [1.82, 2.24) is 0 Å². The van der Waals surface area contributed by atoms with Gasteiger partial charge in [0.2, 0.25) is 0 Å². The van der Waals surface area contributed by atoms with Crippen LogP contribution in [0.15, 0.2) is 122 Å². The predicted octanol–water partition coefficient (Wildman–Crippen LogP) is 16.8. The maximum Gasteiger partial charge on any atom is 0.472 e. The zero-order valence-electron chi connectivity index (χ0n) is 45.0. The first-order chi connectivity index (χ1) is 34.0. The summed E-state index contributed by atoms with van der Waals surface area (Å²) in [6.45, 7) is 4.07. The largest absolute Gasteiger partial charge is 0.472 e. The Bertz CT molecular complexity index is 1590. The first kappa shape index (κ1) is 66.4. The smallest absolute Gasteiger partial charge is 0.461 e. The van der Waals surface area contributed by atoms with Crippen molar-refractivity contribution in [2.24, 2.45) is 0 Å². The van der Waals surface area contributed by atoms with Gasteiger partial charge in [0, 0.05) is 6.42 Å². The first-order valence-electron chi connectivity index (χ1n) is 27.3. The minimum Gasteiger partial charge on any atom is -0.461 e. The molecule has 0 heterocycles. The number of quaternary nitrogens is 1. The van der Waals surface area contributed by atoms with Gasteiger partial charge in [0.05, 0.1) is 34.2 Å². The molecule has 0 aromatic carbocycles. The van der Waals surface area contributed by atoms with E-state index in [-0.39, 0.29) is 26.1 Å². The fraction of sp³-hybridized carbons (Fsp3) is 0.633. The van der Waals surface area contributed by atoms with E-state index in [0.29, 0.717) is 23.9 Å². The summed E-state index contributed by atoms with van der Waals surface area (Å²) in [4.78, 5) is 35.5. The van der Waals surface area contributed by atoms with E-state index in [1.54, 1.807) is 6.08 Å². The van der Waals surface area contributed by atoms with Crippen LogP contribution in [-0.4, -0.2) is 74.9 Å². The molecule has 0 saturated carbocycles. The molecule has 398 valence electrons. The van der Waals surface area contributed by atoms with Crippen LogP contribution in [0.1, 0.15) is 194 Å². The van der Waals surface area contributed by atoms with E-state index in [1.807, 2.05) is 33.3 Å². The van der Waals surface area contributed by atoms with Crippen molar-refractivity contribution in [3.63, 3.8) is 0 Å². The van der Waals surface area contributed by atoms with Crippen LogP contribution in [0.3, 0.4) is 0 Å². The van der Waals surface area contributed by atoms with Gasteiger partial charge in [-0.2, -0.15) is 0 Å². The Hall–Kier alpha value is -3.59. The molecule has 0 aromatic rings. The fourth-order valence-electron chi connectivity index (χ4n) is 6.88. The van der Waals surface area contributed by atoms with Gasteiger partial charge >= 0.3 is 19.8 Å². The molecule has 0 rings (SSSR count). The highest BCUT2D eigenvalue weighted by Crippen LogP contribution is 2.43. The number of carbonyl (C=O) groups excluding carboxylic acids is 2. The number of likely N-dealkylation sites (N-methyl/N-ethyl adjacent to an activating group) is 1. The molecule has 0 amide bonds. The van der Waals surface area contributed by atoms with Gasteiger partial charge in [-0.3, -0.25) is 18.6 Å². The Kier molecular flexibility index (Phi) is 47.8. The number of allylic oxidation sites excluding steroid dienone is 19. The number of rotatable bonds is 48. The Morgan fingerprint density at radius 3 is 1.21 bits per heavy atom. The number of ether oxygens (including phenoxy) is 2. The summed E-state index contributed by atoms with van der Waals surface area (Å²) in [5, 5.41) is 0. The summed E-state index contributed by atoms with van der Waals surface area (Å²) >= 11 is 0. The van der Waals surface area contributed by atoms with Gasteiger partial charge in [0.15, 0.2) is 6.10 Å². The van der Waals surface area contributed by atoms with Gasteiger partial charge in [-0.15, -0.1) is 0 Å². The minimum atomic E-state index is -4.41. The molecule has 2 atom stereocenters. The zero-order valence-corrected chi connectivity index (χ0v) is 45.8. The summed E-state index contributed by atoms with van der Waals surface area (Å²) in [5.74, 6) is -0.952. The number of hydrogen-bond acceptors (Lipinski definition) is 7. The normalized spacial score (nSPS) is 14.3. The Labute approximate surface area is 428 Å². The van der Waals surface area contributed by atoms with Crippen LogP contribution in [0.2, 0.25) is 0 Å². The van der Waals surface area contributed by atoms with Crippen molar-refractivity contribution in [3.8, 4) is 0 Å². The van der Waals surface area contributed by atoms with Gasteiger partial charge in [0.1, 0.15) is 19.8 Å². The maximum absolute atomic E-state index is 12.8. The van der Waals surface area contributed by atoms with Crippen LogP contribution in [0.5, 0.6) is 0 Å². The number of carbonyl (C=O) groups is 2. The van der Waals surface area contributed by atoms with Crippen molar-refractivity contribution in [1.29, 1.82) is 0 Å². The Morgan fingerprint density at radius 1 is 0.457 bits per heavy atom. The van der Waals surface area contributed by atoms with Crippen LogP contribution < -0.4 is 0 Å². The minimum absolute atomic E-state index is 0.0125. The molecule has 70 heavy (non-hydrogen) atoms. The zero-order chi connectivity index (χ0) is 51.3. The highest BCUT2D eigenvalue weighted by molar-refractivity contribution is 7.47. The van der Waals surface area contributed by atoms with E-state index in [1.165, 1.54) is 77.0 Å². The van der Waals surface area contributed by atoms with Crippen LogP contribution >= 0.6 is 7.82 Å². The molecule has 0 aromatic heterocycles. The topological polar surface area (TPSA) is 108 Å². The van der Waals surface area contributed by atoms with Crippen LogP contribution in [-0.2, 0) is 32.7 Å². The summed E-state index contributed by atoms with van der Waals surface area (Å²) in [6.07, 6.45) is 71.6. The monoisotopic (exact) mass is 995 g/mol. The van der Waals surface area contributed by atoms with E-state index in [0.717, 1.165) is 77.0 Å². The molecule has 1 N–H and O–H groups in total. The van der Waals surface area contributed by atoms with Crippen molar-refractivity contribution in [2.45, 2.75) is 200 Å². The van der Waals surface area contributed by atoms with E-state index < -0.39 is 32.5 Å². The molecule has 0 radical (unpaired) electrons. The third-order valence-corrected chi connectivity index (χ3v) is 12.0. The van der Waals surface area contributed by atoms with E-state index in [9.17, 15) is 19.0 Å². The SMILES string of the molecule is CC/C=C\C/C=C\C/C=C\C/C=C\C/C=C\CCCCCCCCCCCCCCCCCC(=O)OC(COC(=O)C/C=C\C/C=C\C/C=C\C/C=C\C/C=C\CC)COP(=O)(O)OCC[N+](C)(C)C. The molecule has 0 aliphatic carbocycles. The van der Waals surface area contributed by atoms with Gasteiger partial charge in [-0.25, -0.2) is 4.57 Å². The summed E-state index contributed by atoms with van der Waals surface area (Å²) in [5.41, 5.74) is 0.